The molecule has 2 heterocycles. The molecule has 3 heteroatoms. The van der Waals surface area contributed by atoms with Crippen LogP contribution in [0.4, 0.5) is 0 Å². The van der Waals surface area contributed by atoms with Crippen molar-refractivity contribution in [2.24, 2.45) is 0 Å². The van der Waals surface area contributed by atoms with E-state index >= 15 is 0 Å². The van der Waals surface area contributed by atoms with E-state index in [1.165, 1.54) is 43.4 Å². The number of piperidine rings is 1. The minimum absolute atomic E-state index is 0.545. The van der Waals surface area contributed by atoms with Crippen molar-refractivity contribution in [3.63, 3.8) is 0 Å². The van der Waals surface area contributed by atoms with Crippen molar-refractivity contribution in [3.8, 4) is 0 Å². The third kappa shape index (κ3) is 1.55. The Morgan fingerprint density at radius 2 is 2.18 bits per heavy atom. The van der Waals surface area contributed by atoms with Crippen LogP contribution in [0.5, 0.6) is 0 Å². The molecule has 0 bridgehead atoms. The second-order valence-electron chi connectivity index (χ2n) is 3.77. The molecule has 2 nitrogen and oxygen atoms in total. The predicted molar refractivity (Wildman–Crippen MR) is 55.0 cm³/mol. The molecule has 64 valence electrons. The molecule has 0 aliphatic carbocycles. The monoisotopic (exact) mass is 266 g/mol. The van der Waals surface area contributed by atoms with Gasteiger partial charge in [-0.2, -0.15) is 0 Å². The van der Waals surface area contributed by atoms with E-state index < -0.39 is 0 Å². The third-order valence-electron chi connectivity index (χ3n) is 2.80. The summed E-state index contributed by atoms with van der Waals surface area (Å²) in [6.45, 7) is 3.82. The molecule has 11 heavy (non-hydrogen) atoms. The topological polar surface area (TPSA) is 15.3 Å². The molecule has 0 unspecified atom stereocenters. The van der Waals surface area contributed by atoms with Gasteiger partial charge >= 0.3 is 0 Å². The van der Waals surface area contributed by atoms with Gasteiger partial charge in [-0.25, -0.2) is 0 Å². The standard InChI is InChI=1S/C8H15IN2/c9-7-11-5-8(6-11)3-1-2-4-10-8/h10H,1-7H2. The zero-order valence-corrected chi connectivity index (χ0v) is 8.93. The van der Waals surface area contributed by atoms with Gasteiger partial charge in [0.05, 0.1) is 4.55 Å². The Morgan fingerprint density at radius 1 is 1.36 bits per heavy atom. The number of rotatable bonds is 1. The summed E-state index contributed by atoms with van der Waals surface area (Å²) in [7, 11) is 0. The molecule has 0 atom stereocenters. The van der Waals surface area contributed by atoms with E-state index in [9.17, 15) is 0 Å². The van der Waals surface area contributed by atoms with Crippen molar-refractivity contribution in [2.45, 2.75) is 24.8 Å². The largest absolute Gasteiger partial charge is 0.309 e. The van der Waals surface area contributed by atoms with Crippen LogP contribution in [0.3, 0.4) is 0 Å². The average molecular weight is 266 g/mol. The Bertz CT molecular complexity index is 135. The van der Waals surface area contributed by atoms with E-state index in [-0.39, 0.29) is 0 Å². The summed E-state index contributed by atoms with van der Waals surface area (Å²) in [6.07, 6.45) is 4.22. The third-order valence-corrected chi connectivity index (χ3v) is 3.77. The first-order valence-electron chi connectivity index (χ1n) is 4.38. The van der Waals surface area contributed by atoms with Crippen LogP contribution in [-0.2, 0) is 0 Å². The molecule has 0 amide bonds. The lowest BCUT2D eigenvalue weighted by molar-refractivity contribution is 0.0410. The van der Waals surface area contributed by atoms with E-state index in [1.807, 2.05) is 0 Å². The van der Waals surface area contributed by atoms with Gasteiger partial charge < -0.3 is 5.32 Å². The lowest BCUT2D eigenvalue weighted by atomic mass is 9.82. The highest BCUT2D eigenvalue weighted by atomic mass is 127. The Labute approximate surface area is 81.9 Å². The number of hydrogen-bond acceptors (Lipinski definition) is 2. The minimum atomic E-state index is 0.545. The zero-order valence-electron chi connectivity index (χ0n) is 6.77. The normalized spacial score (nSPS) is 30.3. The van der Waals surface area contributed by atoms with Crippen molar-refractivity contribution in [3.05, 3.63) is 0 Å². The predicted octanol–water partition coefficient (Wildman–Crippen LogP) is 1.21. The highest BCUT2D eigenvalue weighted by Gasteiger charge is 2.42. The number of hydrogen-bond donors (Lipinski definition) is 1. The maximum absolute atomic E-state index is 3.65. The highest BCUT2D eigenvalue weighted by Crippen LogP contribution is 2.29. The minimum Gasteiger partial charge on any atom is -0.309 e. The highest BCUT2D eigenvalue weighted by molar-refractivity contribution is 14.1. The Morgan fingerprint density at radius 3 is 2.73 bits per heavy atom. The molecule has 0 aromatic heterocycles. The van der Waals surface area contributed by atoms with Crippen LogP contribution in [0.15, 0.2) is 0 Å². The first-order valence-corrected chi connectivity index (χ1v) is 5.91. The molecular weight excluding hydrogens is 251 g/mol. The fourth-order valence-electron chi connectivity index (χ4n) is 2.19. The Hall–Kier alpha value is 0.650. The summed E-state index contributed by atoms with van der Waals surface area (Å²) in [5.41, 5.74) is 0.545. The summed E-state index contributed by atoms with van der Waals surface area (Å²) >= 11 is 2.44. The quantitative estimate of drug-likeness (QED) is 0.436. The van der Waals surface area contributed by atoms with Gasteiger partial charge in [-0.3, -0.25) is 4.90 Å². The number of nitrogens with one attached hydrogen (secondary N) is 1. The summed E-state index contributed by atoms with van der Waals surface area (Å²) in [5.74, 6) is 0. The summed E-state index contributed by atoms with van der Waals surface area (Å²) in [5, 5.41) is 3.65. The summed E-state index contributed by atoms with van der Waals surface area (Å²) in [6, 6.07) is 0. The molecule has 0 aromatic carbocycles. The van der Waals surface area contributed by atoms with Gasteiger partial charge in [0.1, 0.15) is 0 Å². The number of alkyl halides is 1. The first-order chi connectivity index (χ1) is 5.35. The Balaban J connectivity index is 1.84. The van der Waals surface area contributed by atoms with Gasteiger partial charge in [0.15, 0.2) is 0 Å². The number of likely N-dealkylation sites (tertiary alicyclic amines) is 1. The maximum Gasteiger partial charge on any atom is 0.0507 e. The van der Waals surface area contributed by atoms with Crippen molar-refractivity contribution < 1.29 is 0 Å². The van der Waals surface area contributed by atoms with Crippen molar-refractivity contribution in [2.75, 3.05) is 24.2 Å². The molecule has 0 saturated carbocycles. The van der Waals surface area contributed by atoms with Crippen LogP contribution < -0.4 is 5.32 Å². The molecule has 2 saturated heterocycles. The van der Waals surface area contributed by atoms with Crippen LogP contribution in [0, 0.1) is 0 Å². The fourth-order valence-corrected chi connectivity index (χ4v) is 2.68. The van der Waals surface area contributed by atoms with E-state index in [0.29, 0.717) is 5.54 Å². The fraction of sp³-hybridized carbons (Fsp3) is 1.00. The van der Waals surface area contributed by atoms with Crippen LogP contribution in [0.2, 0.25) is 0 Å². The van der Waals surface area contributed by atoms with Gasteiger partial charge in [-0.1, -0.05) is 29.0 Å². The molecule has 2 aliphatic rings. The average Bonchev–Trinajstić information content (AvgIpc) is 2.01. The number of halogens is 1. The van der Waals surface area contributed by atoms with Gasteiger partial charge in [0, 0.05) is 18.6 Å². The van der Waals surface area contributed by atoms with Crippen molar-refractivity contribution in [1.82, 2.24) is 10.2 Å². The van der Waals surface area contributed by atoms with Crippen molar-refractivity contribution >= 4 is 22.6 Å². The van der Waals surface area contributed by atoms with Gasteiger partial charge in [0.25, 0.3) is 0 Å². The molecule has 0 aromatic rings. The van der Waals surface area contributed by atoms with Crippen LogP contribution in [0.25, 0.3) is 0 Å². The maximum atomic E-state index is 3.65. The Kier molecular flexibility index (Phi) is 2.39. The van der Waals surface area contributed by atoms with Gasteiger partial charge in [-0.05, 0) is 19.4 Å². The van der Waals surface area contributed by atoms with Crippen LogP contribution in [-0.4, -0.2) is 34.6 Å². The molecule has 0 radical (unpaired) electrons. The second-order valence-corrected chi connectivity index (χ2v) is 4.45. The molecule has 2 fully saturated rings. The summed E-state index contributed by atoms with van der Waals surface area (Å²) in [4.78, 5) is 2.50. The van der Waals surface area contributed by atoms with Crippen molar-refractivity contribution in [1.29, 1.82) is 0 Å². The SMILES string of the molecule is ICN1CC2(CCCCN2)C1. The van der Waals surface area contributed by atoms with E-state index in [4.69, 9.17) is 0 Å². The van der Waals surface area contributed by atoms with Crippen LogP contribution in [0.1, 0.15) is 19.3 Å². The molecule has 1 N–H and O–H groups in total. The second kappa shape index (κ2) is 3.18. The van der Waals surface area contributed by atoms with E-state index in [1.54, 1.807) is 0 Å². The first kappa shape index (κ1) is 8.26. The van der Waals surface area contributed by atoms with E-state index in [2.05, 4.69) is 32.8 Å². The lowest BCUT2D eigenvalue weighted by Gasteiger charge is -2.52. The number of nitrogens with zero attached hydrogens (tertiary/aromatic N) is 1. The van der Waals surface area contributed by atoms with Gasteiger partial charge in [0.2, 0.25) is 0 Å². The lowest BCUT2D eigenvalue weighted by Crippen LogP contribution is -2.69. The molecular formula is C8H15IN2. The zero-order chi connectivity index (χ0) is 7.73. The van der Waals surface area contributed by atoms with Crippen LogP contribution >= 0.6 is 22.6 Å². The smallest absolute Gasteiger partial charge is 0.0507 e. The molecule has 2 aliphatic heterocycles. The summed E-state index contributed by atoms with van der Waals surface area (Å²) < 4.78 is 1.20. The van der Waals surface area contributed by atoms with E-state index in [0.717, 1.165) is 0 Å². The molecule has 2 rings (SSSR count). The van der Waals surface area contributed by atoms with Gasteiger partial charge in [-0.15, -0.1) is 0 Å². The molecule has 1 spiro atoms.